The molecule has 0 radical (unpaired) electrons. The van der Waals surface area contributed by atoms with Crippen LogP contribution in [0.25, 0.3) is 0 Å². The maximum Gasteiger partial charge on any atom is 0.0535 e. The Bertz CT molecular complexity index is 381. The zero-order chi connectivity index (χ0) is 9.26. The molecule has 1 aliphatic carbocycles. The normalized spacial score (nSPS) is 20.6. The third-order valence-corrected chi connectivity index (χ3v) is 2.01. The van der Waals surface area contributed by atoms with Crippen LogP contribution in [0.15, 0.2) is 52.5 Å². The lowest BCUT2D eigenvalue weighted by atomic mass is 10.0. The van der Waals surface area contributed by atoms with Gasteiger partial charge in [0.25, 0.3) is 0 Å². The minimum atomic E-state index is 0.668. The molecule has 1 aliphatic heterocycles. The van der Waals surface area contributed by atoms with Gasteiger partial charge in [-0.2, -0.15) is 0 Å². The second-order valence-corrected chi connectivity index (χ2v) is 3.08. The molecule has 0 unspecified atom stereocenters. The largest absolute Gasteiger partial charge is 0.402 e. The lowest BCUT2D eigenvalue weighted by Crippen LogP contribution is -2.11. The SMILES string of the molecule is NC1=CN=C2CC(N)=CC=C2C=C1. The maximum atomic E-state index is 5.69. The van der Waals surface area contributed by atoms with Gasteiger partial charge in [0.15, 0.2) is 0 Å². The third-order valence-electron chi connectivity index (χ3n) is 2.01. The number of aliphatic imine (C=N–C) groups is 1. The highest BCUT2D eigenvalue weighted by Gasteiger charge is 2.10. The van der Waals surface area contributed by atoms with Crippen molar-refractivity contribution in [1.82, 2.24) is 0 Å². The van der Waals surface area contributed by atoms with Crippen molar-refractivity contribution in [3.05, 3.63) is 47.5 Å². The monoisotopic (exact) mass is 173 g/mol. The predicted octanol–water partition coefficient (Wildman–Crippen LogP) is 0.970. The molecular weight excluding hydrogens is 162 g/mol. The van der Waals surface area contributed by atoms with Crippen LogP contribution in [-0.4, -0.2) is 5.71 Å². The van der Waals surface area contributed by atoms with Crippen molar-refractivity contribution in [1.29, 1.82) is 0 Å². The van der Waals surface area contributed by atoms with E-state index in [4.69, 9.17) is 11.5 Å². The Labute approximate surface area is 76.8 Å². The van der Waals surface area contributed by atoms with Gasteiger partial charge < -0.3 is 11.5 Å². The molecule has 0 saturated heterocycles. The quantitative estimate of drug-likeness (QED) is 0.573. The zero-order valence-electron chi connectivity index (χ0n) is 7.20. The number of fused-ring (bicyclic) bond motifs is 1. The molecule has 0 aromatic rings. The first kappa shape index (κ1) is 7.86. The second kappa shape index (κ2) is 2.94. The van der Waals surface area contributed by atoms with Gasteiger partial charge in [0.1, 0.15) is 0 Å². The molecule has 0 amide bonds. The van der Waals surface area contributed by atoms with E-state index >= 15 is 0 Å². The molecule has 0 aromatic carbocycles. The Morgan fingerprint density at radius 1 is 1.15 bits per heavy atom. The van der Waals surface area contributed by atoms with Crippen molar-refractivity contribution >= 4 is 5.71 Å². The number of allylic oxidation sites excluding steroid dienone is 6. The fourth-order valence-electron chi connectivity index (χ4n) is 1.30. The van der Waals surface area contributed by atoms with Crippen molar-refractivity contribution in [3.8, 4) is 0 Å². The highest BCUT2D eigenvalue weighted by molar-refractivity contribution is 6.05. The fraction of sp³-hybridized carbons (Fsp3) is 0.100. The maximum absolute atomic E-state index is 5.69. The first-order valence-corrected chi connectivity index (χ1v) is 4.13. The Morgan fingerprint density at radius 2 is 2.00 bits per heavy atom. The standard InChI is InChI=1S/C10H11N3/c11-8-3-1-7-2-4-9(12)6-13-10(7)5-8/h1-4,6H,5,11-12H2. The van der Waals surface area contributed by atoms with E-state index < -0.39 is 0 Å². The Kier molecular flexibility index (Phi) is 1.77. The summed E-state index contributed by atoms with van der Waals surface area (Å²) in [6.45, 7) is 0. The van der Waals surface area contributed by atoms with Gasteiger partial charge in [-0.15, -0.1) is 0 Å². The minimum Gasteiger partial charge on any atom is -0.402 e. The fourth-order valence-corrected chi connectivity index (χ4v) is 1.30. The van der Waals surface area contributed by atoms with E-state index in [-0.39, 0.29) is 0 Å². The first-order valence-electron chi connectivity index (χ1n) is 4.13. The number of nitrogens with zero attached hydrogens (tertiary/aromatic N) is 1. The van der Waals surface area contributed by atoms with Crippen molar-refractivity contribution in [2.45, 2.75) is 6.42 Å². The van der Waals surface area contributed by atoms with Crippen LogP contribution >= 0.6 is 0 Å². The van der Waals surface area contributed by atoms with Crippen LogP contribution in [0.5, 0.6) is 0 Å². The van der Waals surface area contributed by atoms with Gasteiger partial charge in [-0.25, -0.2) is 0 Å². The molecule has 0 aromatic heterocycles. The van der Waals surface area contributed by atoms with Crippen molar-refractivity contribution < 1.29 is 0 Å². The third kappa shape index (κ3) is 1.54. The van der Waals surface area contributed by atoms with E-state index in [0.29, 0.717) is 12.1 Å². The van der Waals surface area contributed by atoms with E-state index in [1.54, 1.807) is 6.20 Å². The van der Waals surface area contributed by atoms with Gasteiger partial charge >= 0.3 is 0 Å². The Hall–Kier alpha value is -1.77. The minimum absolute atomic E-state index is 0.668. The van der Waals surface area contributed by atoms with Crippen LogP contribution in [0.4, 0.5) is 0 Å². The van der Waals surface area contributed by atoms with Crippen molar-refractivity contribution in [2.75, 3.05) is 0 Å². The highest BCUT2D eigenvalue weighted by atomic mass is 14.8. The summed E-state index contributed by atoms with van der Waals surface area (Å²) >= 11 is 0. The summed E-state index contributed by atoms with van der Waals surface area (Å²) in [5, 5.41) is 0. The van der Waals surface area contributed by atoms with E-state index in [9.17, 15) is 0 Å². The smallest absolute Gasteiger partial charge is 0.0535 e. The molecule has 0 spiro atoms. The summed E-state index contributed by atoms with van der Waals surface area (Å²) in [4.78, 5) is 4.25. The lowest BCUT2D eigenvalue weighted by Gasteiger charge is -2.10. The number of hydrogen-bond donors (Lipinski definition) is 2. The summed E-state index contributed by atoms with van der Waals surface area (Å²) in [6, 6.07) is 0. The summed E-state index contributed by atoms with van der Waals surface area (Å²) in [5.74, 6) is 0. The predicted molar refractivity (Wildman–Crippen MR) is 53.8 cm³/mol. The average Bonchev–Trinajstić information content (AvgIpc) is 2.29. The molecule has 13 heavy (non-hydrogen) atoms. The van der Waals surface area contributed by atoms with Crippen LogP contribution < -0.4 is 11.5 Å². The van der Waals surface area contributed by atoms with E-state index in [1.165, 1.54) is 0 Å². The average molecular weight is 173 g/mol. The van der Waals surface area contributed by atoms with Crippen LogP contribution in [0, 0.1) is 0 Å². The summed E-state index contributed by atoms with van der Waals surface area (Å²) < 4.78 is 0. The topological polar surface area (TPSA) is 64.4 Å². The molecule has 0 bridgehead atoms. The molecule has 3 nitrogen and oxygen atoms in total. The Morgan fingerprint density at radius 3 is 2.85 bits per heavy atom. The number of nitrogens with two attached hydrogens (primary N) is 2. The lowest BCUT2D eigenvalue weighted by molar-refractivity contribution is 1.18. The van der Waals surface area contributed by atoms with E-state index in [1.807, 2.05) is 24.3 Å². The van der Waals surface area contributed by atoms with Gasteiger partial charge in [0.05, 0.1) is 11.9 Å². The summed E-state index contributed by atoms with van der Waals surface area (Å²) in [5.41, 5.74) is 14.9. The van der Waals surface area contributed by atoms with Gasteiger partial charge in [-0.05, 0) is 17.7 Å². The highest BCUT2D eigenvalue weighted by Crippen LogP contribution is 2.17. The molecule has 0 saturated carbocycles. The number of hydrogen-bond acceptors (Lipinski definition) is 3. The molecule has 1 heterocycles. The molecule has 2 aliphatic rings. The van der Waals surface area contributed by atoms with Gasteiger partial charge in [0.2, 0.25) is 0 Å². The van der Waals surface area contributed by atoms with Gasteiger partial charge in [0, 0.05) is 17.8 Å². The van der Waals surface area contributed by atoms with E-state index in [2.05, 4.69) is 4.99 Å². The summed E-state index contributed by atoms with van der Waals surface area (Å²) in [7, 11) is 0. The molecule has 4 N–H and O–H groups in total. The molecule has 0 fully saturated rings. The van der Waals surface area contributed by atoms with Crippen molar-refractivity contribution in [3.63, 3.8) is 0 Å². The molecular formula is C10H11N3. The molecule has 66 valence electrons. The van der Waals surface area contributed by atoms with E-state index in [0.717, 1.165) is 17.0 Å². The van der Waals surface area contributed by atoms with Crippen LogP contribution in [0.3, 0.4) is 0 Å². The Balaban J connectivity index is 2.43. The van der Waals surface area contributed by atoms with Crippen LogP contribution in [0.1, 0.15) is 6.42 Å². The van der Waals surface area contributed by atoms with Crippen LogP contribution in [-0.2, 0) is 0 Å². The first-order chi connectivity index (χ1) is 6.25. The van der Waals surface area contributed by atoms with Gasteiger partial charge in [-0.3, -0.25) is 4.99 Å². The molecule has 3 heteroatoms. The number of rotatable bonds is 0. The van der Waals surface area contributed by atoms with Crippen LogP contribution in [0.2, 0.25) is 0 Å². The molecule has 2 rings (SSSR count). The van der Waals surface area contributed by atoms with Crippen molar-refractivity contribution in [2.24, 2.45) is 16.5 Å². The molecule has 0 atom stereocenters. The summed E-state index contributed by atoms with van der Waals surface area (Å²) in [6.07, 6.45) is 10.0. The zero-order valence-corrected chi connectivity index (χ0v) is 7.20. The van der Waals surface area contributed by atoms with Gasteiger partial charge in [-0.1, -0.05) is 12.2 Å². The second-order valence-electron chi connectivity index (χ2n) is 3.08.